The minimum absolute atomic E-state index is 0.432. The van der Waals surface area contributed by atoms with Gasteiger partial charge >= 0.3 is 0 Å². The first-order valence-corrected chi connectivity index (χ1v) is 5.77. The van der Waals surface area contributed by atoms with Gasteiger partial charge in [0.25, 0.3) is 0 Å². The summed E-state index contributed by atoms with van der Waals surface area (Å²) in [5.41, 5.74) is 3.09. The number of thiazole rings is 1. The van der Waals surface area contributed by atoms with Crippen molar-refractivity contribution < 1.29 is 0 Å². The Kier molecular flexibility index (Phi) is 4.39. The first-order chi connectivity index (χ1) is 6.27. The normalized spacial score (nSPS) is 15.6. The van der Waals surface area contributed by atoms with Gasteiger partial charge in [-0.25, -0.2) is 4.98 Å². The molecule has 2 nitrogen and oxygen atoms in total. The summed E-state index contributed by atoms with van der Waals surface area (Å²) in [6.45, 7) is 4.52. The molecule has 2 atom stereocenters. The fraction of sp³-hybridized carbons (Fsp3) is 0.700. The van der Waals surface area contributed by atoms with Crippen LogP contribution in [-0.4, -0.2) is 12.0 Å². The van der Waals surface area contributed by atoms with E-state index in [0.717, 1.165) is 5.92 Å². The maximum absolute atomic E-state index is 4.33. The molecule has 74 valence electrons. The van der Waals surface area contributed by atoms with Crippen molar-refractivity contribution in [1.29, 1.82) is 0 Å². The molecule has 1 aromatic rings. The molecule has 1 N–H and O–H groups in total. The van der Waals surface area contributed by atoms with Gasteiger partial charge < -0.3 is 5.32 Å². The molecule has 0 amide bonds. The second-order valence-electron chi connectivity index (χ2n) is 3.50. The predicted molar refractivity (Wildman–Crippen MR) is 58.0 cm³/mol. The Morgan fingerprint density at radius 1 is 1.62 bits per heavy atom. The molecule has 0 aromatic carbocycles. The second kappa shape index (κ2) is 5.35. The lowest BCUT2D eigenvalue weighted by Gasteiger charge is -2.17. The molecule has 0 fully saturated rings. The highest BCUT2D eigenvalue weighted by Gasteiger charge is 2.13. The van der Waals surface area contributed by atoms with E-state index in [1.54, 1.807) is 11.3 Å². The molecule has 1 aromatic heterocycles. The number of nitrogens with zero attached hydrogens (tertiary/aromatic N) is 1. The highest BCUT2D eigenvalue weighted by molar-refractivity contribution is 7.07. The van der Waals surface area contributed by atoms with Gasteiger partial charge in [0.1, 0.15) is 0 Å². The highest BCUT2D eigenvalue weighted by Crippen LogP contribution is 2.22. The van der Waals surface area contributed by atoms with E-state index in [0.29, 0.717) is 6.04 Å². The van der Waals surface area contributed by atoms with E-state index in [9.17, 15) is 0 Å². The highest BCUT2D eigenvalue weighted by atomic mass is 32.1. The molecule has 0 bridgehead atoms. The molecule has 0 saturated heterocycles. The van der Waals surface area contributed by atoms with E-state index in [1.165, 1.54) is 18.5 Å². The Bertz CT molecular complexity index is 221. The first kappa shape index (κ1) is 10.7. The molecule has 0 saturated carbocycles. The van der Waals surface area contributed by atoms with Crippen LogP contribution in [0.15, 0.2) is 10.9 Å². The summed E-state index contributed by atoms with van der Waals surface area (Å²) in [5, 5.41) is 5.44. The van der Waals surface area contributed by atoms with E-state index in [4.69, 9.17) is 0 Å². The maximum Gasteiger partial charge on any atom is 0.0795 e. The van der Waals surface area contributed by atoms with Crippen LogP contribution in [0.1, 0.15) is 38.4 Å². The summed E-state index contributed by atoms with van der Waals surface area (Å²) in [6.07, 6.45) is 2.42. The number of hydrogen-bond acceptors (Lipinski definition) is 3. The van der Waals surface area contributed by atoms with Gasteiger partial charge in [0, 0.05) is 5.38 Å². The fourth-order valence-electron chi connectivity index (χ4n) is 1.35. The lowest BCUT2D eigenvalue weighted by Crippen LogP contribution is -2.19. The SMILES string of the molecule is CCC(C)CC(NC)c1cscn1. The number of rotatable bonds is 5. The number of nitrogens with one attached hydrogen (secondary N) is 1. The van der Waals surface area contributed by atoms with Gasteiger partial charge in [0.05, 0.1) is 17.2 Å². The minimum Gasteiger partial charge on any atom is -0.312 e. The van der Waals surface area contributed by atoms with Crippen molar-refractivity contribution in [2.24, 2.45) is 5.92 Å². The summed E-state index contributed by atoms with van der Waals surface area (Å²) in [5.74, 6) is 0.763. The zero-order chi connectivity index (χ0) is 9.68. The van der Waals surface area contributed by atoms with Crippen LogP contribution in [-0.2, 0) is 0 Å². The van der Waals surface area contributed by atoms with Crippen LogP contribution in [0.3, 0.4) is 0 Å². The Hall–Kier alpha value is -0.410. The van der Waals surface area contributed by atoms with Crippen LogP contribution in [0.5, 0.6) is 0 Å². The average Bonchev–Trinajstić information content (AvgIpc) is 2.66. The van der Waals surface area contributed by atoms with Crippen molar-refractivity contribution in [3.05, 3.63) is 16.6 Å². The van der Waals surface area contributed by atoms with Crippen LogP contribution in [0.2, 0.25) is 0 Å². The largest absolute Gasteiger partial charge is 0.312 e. The number of aromatic nitrogens is 1. The zero-order valence-electron chi connectivity index (χ0n) is 8.58. The maximum atomic E-state index is 4.33. The first-order valence-electron chi connectivity index (χ1n) is 4.83. The van der Waals surface area contributed by atoms with Gasteiger partial charge in [-0.3, -0.25) is 0 Å². The Labute approximate surface area is 84.4 Å². The minimum atomic E-state index is 0.432. The van der Waals surface area contributed by atoms with Crippen molar-refractivity contribution in [1.82, 2.24) is 10.3 Å². The quantitative estimate of drug-likeness (QED) is 0.787. The molecular weight excluding hydrogens is 180 g/mol. The van der Waals surface area contributed by atoms with Crippen LogP contribution in [0.25, 0.3) is 0 Å². The Morgan fingerprint density at radius 2 is 2.38 bits per heavy atom. The third-order valence-electron chi connectivity index (χ3n) is 2.49. The molecule has 2 unspecified atom stereocenters. The fourth-order valence-corrected chi connectivity index (χ4v) is 1.96. The average molecular weight is 198 g/mol. The third kappa shape index (κ3) is 3.08. The summed E-state index contributed by atoms with van der Waals surface area (Å²) >= 11 is 1.67. The molecular formula is C10H18N2S. The van der Waals surface area contributed by atoms with Gasteiger partial charge in [0.15, 0.2) is 0 Å². The summed E-state index contributed by atoms with van der Waals surface area (Å²) < 4.78 is 0. The van der Waals surface area contributed by atoms with E-state index in [2.05, 4.69) is 29.5 Å². The molecule has 1 rings (SSSR count). The van der Waals surface area contributed by atoms with E-state index < -0.39 is 0 Å². The van der Waals surface area contributed by atoms with Crippen molar-refractivity contribution in [2.45, 2.75) is 32.7 Å². The van der Waals surface area contributed by atoms with Gasteiger partial charge in [-0.1, -0.05) is 20.3 Å². The monoisotopic (exact) mass is 198 g/mol. The molecule has 1 heterocycles. The van der Waals surface area contributed by atoms with Crippen molar-refractivity contribution in [2.75, 3.05) is 7.05 Å². The number of hydrogen-bond donors (Lipinski definition) is 1. The molecule has 0 aliphatic rings. The van der Waals surface area contributed by atoms with Crippen molar-refractivity contribution in [3.8, 4) is 0 Å². The lowest BCUT2D eigenvalue weighted by atomic mass is 9.98. The molecule has 0 aliphatic carbocycles. The molecule has 0 radical (unpaired) electrons. The summed E-state index contributed by atoms with van der Waals surface area (Å²) in [6, 6.07) is 0.432. The van der Waals surface area contributed by atoms with Crippen LogP contribution in [0, 0.1) is 5.92 Å². The van der Waals surface area contributed by atoms with Gasteiger partial charge in [0.2, 0.25) is 0 Å². The van der Waals surface area contributed by atoms with Gasteiger partial charge in [-0.15, -0.1) is 11.3 Å². The lowest BCUT2D eigenvalue weighted by molar-refractivity contribution is 0.417. The zero-order valence-corrected chi connectivity index (χ0v) is 9.40. The smallest absolute Gasteiger partial charge is 0.0795 e. The second-order valence-corrected chi connectivity index (χ2v) is 4.22. The summed E-state index contributed by atoms with van der Waals surface area (Å²) in [7, 11) is 2.01. The van der Waals surface area contributed by atoms with Crippen molar-refractivity contribution in [3.63, 3.8) is 0 Å². The van der Waals surface area contributed by atoms with E-state index in [-0.39, 0.29) is 0 Å². The predicted octanol–water partition coefficient (Wildman–Crippen LogP) is 2.84. The topological polar surface area (TPSA) is 24.9 Å². The summed E-state index contributed by atoms with van der Waals surface area (Å²) in [4.78, 5) is 4.33. The molecule has 3 heteroatoms. The molecule has 13 heavy (non-hydrogen) atoms. The van der Waals surface area contributed by atoms with Gasteiger partial charge in [-0.05, 0) is 19.4 Å². The van der Waals surface area contributed by atoms with E-state index in [1.807, 2.05) is 12.6 Å². The Morgan fingerprint density at radius 3 is 2.85 bits per heavy atom. The van der Waals surface area contributed by atoms with Crippen LogP contribution >= 0.6 is 11.3 Å². The van der Waals surface area contributed by atoms with Crippen molar-refractivity contribution >= 4 is 11.3 Å². The third-order valence-corrected chi connectivity index (χ3v) is 3.10. The molecule has 0 spiro atoms. The van der Waals surface area contributed by atoms with Crippen LogP contribution < -0.4 is 5.32 Å². The van der Waals surface area contributed by atoms with Crippen LogP contribution in [0.4, 0.5) is 0 Å². The standard InChI is InChI=1S/C10H18N2S/c1-4-8(2)5-9(11-3)10-6-13-7-12-10/h6-9,11H,4-5H2,1-3H3. The van der Waals surface area contributed by atoms with Gasteiger partial charge in [-0.2, -0.15) is 0 Å². The molecule has 0 aliphatic heterocycles. The Balaban J connectivity index is 2.53. The van der Waals surface area contributed by atoms with E-state index >= 15 is 0 Å².